The third-order valence-corrected chi connectivity index (χ3v) is 5.65. The fraction of sp³-hybridized carbons (Fsp3) is 0.455. The first kappa shape index (κ1) is 12.7. The summed E-state index contributed by atoms with van der Waals surface area (Å²) >= 11 is 1.63. The molecule has 1 aliphatic heterocycles. The van der Waals surface area contributed by atoms with Gasteiger partial charge >= 0.3 is 0 Å². The Hall–Kier alpha value is -0.720. The lowest BCUT2D eigenvalue weighted by atomic mass is 10.2. The zero-order valence-corrected chi connectivity index (χ0v) is 11.5. The Morgan fingerprint density at radius 2 is 2.18 bits per heavy atom. The Morgan fingerprint density at radius 1 is 1.41 bits per heavy atom. The highest BCUT2D eigenvalue weighted by Gasteiger charge is 2.30. The highest BCUT2D eigenvalue weighted by Crippen LogP contribution is 2.30. The topological polar surface area (TPSA) is 46.6 Å². The summed E-state index contributed by atoms with van der Waals surface area (Å²) in [4.78, 5) is 0.266. The SMILES string of the molecule is COc1ccc(C)cc1S(=O)(=O)N1CCSC1. The van der Waals surface area contributed by atoms with Gasteiger partial charge in [0.15, 0.2) is 0 Å². The van der Waals surface area contributed by atoms with E-state index < -0.39 is 10.0 Å². The standard InChI is InChI=1S/C11H15NO3S2/c1-9-3-4-10(15-2)11(7-9)17(13,14)12-5-6-16-8-12/h3-4,7H,5-6,8H2,1-2H3. The van der Waals surface area contributed by atoms with Gasteiger partial charge in [0.1, 0.15) is 10.6 Å². The number of thioether (sulfide) groups is 1. The van der Waals surface area contributed by atoms with Crippen LogP contribution < -0.4 is 4.74 Å². The molecule has 1 fully saturated rings. The lowest BCUT2D eigenvalue weighted by Gasteiger charge is -2.17. The molecule has 1 saturated heterocycles. The smallest absolute Gasteiger partial charge is 0.247 e. The van der Waals surface area contributed by atoms with Crippen molar-refractivity contribution in [2.24, 2.45) is 0 Å². The number of rotatable bonds is 3. The van der Waals surface area contributed by atoms with E-state index in [0.29, 0.717) is 18.2 Å². The Morgan fingerprint density at radius 3 is 2.76 bits per heavy atom. The van der Waals surface area contributed by atoms with Crippen molar-refractivity contribution in [1.29, 1.82) is 0 Å². The molecule has 94 valence electrons. The predicted octanol–water partition coefficient (Wildman–Crippen LogP) is 1.70. The number of sulfonamides is 1. The zero-order chi connectivity index (χ0) is 12.5. The first-order chi connectivity index (χ1) is 8.05. The molecule has 0 N–H and O–H groups in total. The first-order valence-corrected chi connectivity index (χ1v) is 7.88. The van der Waals surface area contributed by atoms with Crippen LogP contribution in [0.1, 0.15) is 5.56 Å². The molecule has 1 aromatic rings. The number of methoxy groups -OCH3 is 1. The minimum absolute atomic E-state index is 0.266. The largest absolute Gasteiger partial charge is 0.495 e. The van der Waals surface area contributed by atoms with E-state index in [4.69, 9.17) is 4.74 Å². The second-order valence-electron chi connectivity index (χ2n) is 3.87. The Balaban J connectivity index is 2.47. The van der Waals surface area contributed by atoms with Gasteiger partial charge in [-0.1, -0.05) is 6.07 Å². The summed E-state index contributed by atoms with van der Waals surface area (Å²) in [5, 5.41) is 0. The Kier molecular flexibility index (Phi) is 3.65. The van der Waals surface area contributed by atoms with Crippen LogP contribution in [0.5, 0.6) is 5.75 Å². The maximum absolute atomic E-state index is 12.4. The molecule has 4 nitrogen and oxygen atoms in total. The molecule has 0 aliphatic carbocycles. The second kappa shape index (κ2) is 4.88. The predicted molar refractivity (Wildman–Crippen MR) is 68.9 cm³/mol. The molecule has 0 saturated carbocycles. The van der Waals surface area contributed by atoms with Crippen molar-refractivity contribution in [3.8, 4) is 5.75 Å². The maximum Gasteiger partial charge on any atom is 0.247 e. The quantitative estimate of drug-likeness (QED) is 0.841. The van der Waals surface area contributed by atoms with E-state index in [9.17, 15) is 8.42 Å². The van der Waals surface area contributed by atoms with Gasteiger partial charge in [-0.2, -0.15) is 4.31 Å². The molecule has 0 unspecified atom stereocenters. The second-order valence-corrected chi connectivity index (χ2v) is 6.85. The van der Waals surface area contributed by atoms with E-state index in [1.54, 1.807) is 23.9 Å². The van der Waals surface area contributed by atoms with Crippen molar-refractivity contribution in [1.82, 2.24) is 4.31 Å². The average molecular weight is 273 g/mol. The molecule has 1 heterocycles. The summed E-state index contributed by atoms with van der Waals surface area (Å²) in [6.07, 6.45) is 0. The van der Waals surface area contributed by atoms with Gasteiger partial charge in [0.05, 0.1) is 13.0 Å². The molecule has 0 atom stereocenters. The first-order valence-electron chi connectivity index (χ1n) is 5.28. The van der Waals surface area contributed by atoms with Gasteiger partial charge in [0.2, 0.25) is 10.0 Å². The summed E-state index contributed by atoms with van der Waals surface area (Å²) in [6.45, 7) is 2.45. The number of hydrogen-bond donors (Lipinski definition) is 0. The van der Waals surface area contributed by atoms with E-state index >= 15 is 0 Å². The fourth-order valence-corrected chi connectivity index (χ4v) is 4.77. The minimum atomic E-state index is -3.42. The van der Waals surface area contributed by atoms with Gasteiger partial charge in [-0.3, -0.25) is 0 Å². The summed E-state index contributed by atoms with van der Waals surface area (Å²) in [5.74, 6) is 1.79. The normalized spacial score (nSPS) is 17.3. The molecule has 17 heavy (non-hydrogen) atoms. The van der Waals surface area contributed by atoms with E-state index in [0.717, 1.165) is 11.3 Å². The van der Waals surface area contributed by atoms with Gasteiger partial charge in [-0.25, -0.2) is 8.42 Å². The van der Waals surface area contributed by atoms with Crippen LogP contribution in [-0.4, -0.2) is 38.0 Å². The van der Waals surface area contributed by atoms with Gasteiger partial charge < -0.3 is 4.74 Å². The third kappa shape index (κ3) is 2.43. The van der Waals surface area contributed by atoms with E-state index in [2.05, 4.69) is 0 Å². The maximum atomic E-state index is 12.4. The van der Waals surface area contributed by atoms with Gasteiger partial charge in [-0.15, -0.1) is 11.8 Å². The monoisotopic (exact) mass is 273 g/mol. The van der Waals surface area contributed by atoms with Crippen LogP contribution in [-0.2, 0) is 10.0 Å². The number of aryl methyl sites for hydroxylation is 1. The number of nitrogens with zero attached hydrogens (tertiary/aromatic N) is 1. The molecule has 0 amide bonds. The van der Waals surface area contributed by atoms with Crippen molar-refractivity contribution in [2.45, 2.75) is 11.8 Å². The number of hydrogen-bond acceptors (Lipinski definition) is 4. The molecule has 0 radical (unpaired) electrons. The van der Waals surface area contributed by atoms with Crippen LogP contribution >= 0.6 is 11.8 Å². The molecule has 1 aliphatic rings. The van der Waals surface area contributed by atoms with Gasteiger partial charge in [-0.05, 0) is 24.6 Å². The molecule has 6 heteroatoms. The van der Waals surface area contributed by atoms with Crippen LogP contribution in [0, 0.1) is 6.92 Å². The number of benzene rings is 1. The molecule has 0 bridgehead atoms. The lowest BCUT2D eigenvalue weighted by Crippen LogP contribution is -2.28. The van der Waals surface area contributed by atoms with E-state index in [-0.39, 0.29) is 4.90 Å². The van der Waals surface area contributed by atoms with Crippen LogP contribution in [0.15, 0.2) is 23.1 Å². The van der Waals surface area contributed by atoms with Crippen molar-refractivity contribution >= 4 is 21.8 Å². The molecular formula is C11H15NO3S2. The lowest BCUT2D eigenvalue weighted by molar-refractivity contribution is 0.399. The molecular weight excluding hydrogens is 258 g/mol. The van der Waals surface area contributed by atoms with Crippen LogP contribution in [0.3, 0.4) is 0 Å². The molecule has 1 aromatic carbocycles. The number of ether oxygens (including phenoxy) is 1. The molecule has 0 spiro atoms. The fourth-order valence-electron chi connectivity index (χ4n) is 1.71. The zero-order valence-electron chi connectivity index (χ0n) is 9.84. The third-order valence-electron chi connectivity index (χ3n) is 2.66. The Labute approximate surface area is 106 Å². The summed E-state index contributed by atoms with van der Waals surface area (Å²) in [7, 11) is -1.93. The van der Waals surface area contributed by atoms with Gasteiger partial charge in [0.25, 0.3) is 0 Å². The van der Waals surface area contributed by atoms with E-state index in [1.807, 2.05) is 13.0 Å². The highest BCUT2D eigenvalue weighted by molar-refractivity contribution is 8.00. The van der Waals surface area contributed by atoms with Crippen molar-refractivity contribution in [3.63, 3.8) is 0 Å². The van der Waals surface area contributed by atoms with Gasteiger partial charge in [0, 0.05) is 12.3 Å². The van der Waals surface area contributed by atoms with Crippen molar-refractivity contribution in [2.75, 3.05) is 25.3 Å². The Bertz CT molecular complexity index is 507. The van der Waals surface area contributed by atoms with Crippen LogP contribution in [0.4, 0.5) is 0 Å². The average Bonchev–Trinajstić information content (AvgIpc) is 2.83. The van der Waals surface area contributed by atoms with E-state index in [1.165, 1.54) is 11.4 Å². The summed E-state index contributed by atoms with van der Waals surface area (Å²) in [6, 6.07) is 5.21. The molecule has 0 aromatic heterocycles. The minimum Gasteiger partial charge on any atom is -0.495 e. The summed E-state index contributed by atoms with van der Waals surface area (Å²) < 4.78 is 31.4. The van der Waals surface area contributed by atoms with Crippen LogP contribution in [0.2, 0.25) is 0 Å². The van der Waals surface area contributed by atoms with Crippen LogP contribution in [0.25, 0.3) is 0 Å². The molecule has 2 rings (SSSR count). The van der Waals surface area contributed by atoms with Crippen molar-refractivity contribution in [3.05, 3.63) is 23.8 Å². The summed E-state index contributed by atoms with van der Waals surface area (Å²) in [5.41, 5.74) is 0.913. The van der Waals surface area contributed by atoms with Crippen molar-refractivity contribution < 1.29 is 13.2 Å². The highest BCUT2D eigenvalue weighted by atomic mass is 32.2.